The molecule has 1 aliphatic heterocycles. The van der Waals surface area contributed by atoms with Gasteiger partial charge in [-0.1, -0.05) is 13.8 Å². The Balaban J connectivity index is 2.11. The van der Waals surface area contributed by atoms with E-state index in [-0.39, 0.29) is 12.1 Å². The highest BCUT2D eigenvalue weighted by Gasteiger charge is 2.47. The highest BCUT2D eigenvalue weighted by atomic mass is 16.7. The molecule has 5 nitrogen and oxygen atoms in total. The first kappa shape index (κ1) is 17.2. The van der Waals surface area contributed by atoms with Crippen LogP contribution < -0.4 is 0 Å². The summed E-state index contributed by atoms with van der Waals surface area (Å²) in [6.45, 7) is 7.30. The predicted molar refractivity (Wildman–Crippen MR) is 81.2 cm³/mol. The summed E-state index contributed by atoms with van der Waals surface area (Å²) in [5, 5.41) is 10.5. The van der Waals surface area contributed by atoms with Gasteiger partial charge in [-0.15, -0.1) is 0 Å². The van der Waals surface area contributed by atoms with Crippen molar-refractivity contribution < 1.29 is 19.3 Å². The van der Waals surface area contributed by atoms with Gasteiger partial charge < -0.3 is 19.3 Å². The van der Waals surface area contributed by atoms with Crippen molar-refractivity contribution in [1.82, 2.24) is 4.90 Å². The van der Waals surface area contributed by atoms with E-state index < -0.39 is 5.79 Å². The topological polar surface area (TPSA) is 51.2 Å². The average molecular weight is 301 g/mol. The Hall–Kier alpha value is -0.200. The molecule has 2 atom stereocenters. The highest BCUT2D eigenvalue weighted by Crippen LogP contribution is 2.38. The number of aliphatic hydroxyl groups is 1. The van der Waals surface area contributed by atoms with Gasteiger partial charge in [-0.2, -0.15) is 0 Å². The summed E-state index contributed by atoms with van der Waals surface area (Å²) < 4.78 is 17.0. The number of ether oxygens (including phenoxy) is 3. The van der Waals surface area contributed by atoms with Gasteiger partial charge in [0.1, 0.15) is 0 Å². The molecule has 0 aromatic heterocycles. The summed E-state index contributed by atoms with van der Waals surface area (Å²) in [6, 6.07) is 0.563. The second kappa shape index (κ2) is 7.88. The SMILES string of the molecule is CCC(CC)N(CCOC)C1CC2(CCC1O)OCCO2. The van der Waals surface area contributed by atoms with Crippen molar-refractivity contribution in [2.45, 2.75) is 69.9 Å². The first-order valence-electron chi connectivity index (χ1n) is 8.36. The lowest BCUT2D eigenvalue weighted by Gasteiger charge is -2.46. The predicted octanol–water partition coefficient (Wildman–Crippen LogP) is 1.78. The van der Waals surface area contributed by atoms with E-state index in [2.05, 4.69) is 18.7 Å². The standard InChI is InChI=1S/C16H31NO4/c1-4-13(5-2)17(8-9-19-3)14-12-16(7-6-15(14)18)20-10-11-21-16/h13-15,18H,4-12H2,1-3H3. The molecule has 0 aromatic rings. The van der Waals surface area contributed by atoms with Crippen molar-refractivity contribution in [3.8, 4) is 0 Å². The van der Waals surface area contributed by atoms with Crippen LogP contribution in [0.3, 0.4) is 0 Å². The molecule has 1 saturated heterocycles. The van der Waals surface area contributed by atoms with Gasteiger partial charge in [0, 0.05) is 38.6 Å². The maximum atomic E-state index is 10.5. The van der Waals surface area contributed by atoms with E-state index in [0.717, 1.165) is 38.6 Å². The maximum absolute atomic E-state index is 10.5. The zero-order valence-corrected chi connectivity index (χ0v) is 13.7. The van der Waals surface area contributed by atoms with Gasteiger partial charge in [0.05, 0.1) is 25.9 Å². The second-order valence-electron chi connectivity index (χ2n) is 6.19. The summed E-state index contributed by atoms with van der Waals surface area (Å²) in [6.07, 6.45) is 4.16. The Morgan fingerprint density at radius 1 is 1.29 bits per heavy atom. The fraction of sp³-hybridized carbons (Fsp3) is 1.00. The number of aliphatic hydroxyl groups excluding tert-OH is 1. The molecule has 2 aliphatic rings. The van der Waals surface area contributed by atoms with Crippen molar-refractivity contribution in [2.24, 2.45) is 0 Å². The van der Waals surface area contributed by atoms with E-state index in [1.54, 1.807) is 7.11 Å². The molecule has 1 spiro atoms. The second-order valence-corrected chi connectivity index (χ2v) is 6.19. The van der Waals surface area contributed by atoms with Crippen LogP contribution in [0.25, 0.3) is 0 Å². The Bertz CT molecular complexity index is 303. The average Bonchev–Trinajstić information content (AvgIpc) is 2.95. The molecule has 0 aromatic carbocycles. The molecule has 1 aliphatic carbocycles. The van der Waals surface area contributed by atoms with Gasteiger partial charge in [-0.3, -0.25) is 4.90 Å². The summed E-state index contributed by atoms with van der Waals surface area (Å²) in [5.74, 6) is -0.457. The van der Waals surface area contributed by atoms with E-state index in [9.17, 15) is 5.11 Å². The number of hydrogen-bond donors (Lipinski definition) is 1. The van der Waals surface area contributed by atoms with Crippen LogP contribution >= 0.6 is 0 Å². The van der Waals surface area contributed by atoms with E-state index in [0.29, 0.717) is 25.9 Å². The van der Waals surface area contributed by atoms with Gasteiger partial charge >= 0.3 is 0 Å². The number of hydrogen-bond acceptors (Lipinski definition) is 5. The minimum absolute atomic E-state index is 0.0944. The fourth-order valence-corrected chi connectivity index (χ4v) is 3.79. The molecule has 5 heteroatoms. The molecule has 124 valence electrons. The maximum Gasteiger partial charge on any atom is 0.170 e. The van der Waals surface area contributed by atoms with Crippen molar-refractivity contribution in [2.75, 3.05) is 33.5 Å². The van der Waals surface area contributed by atoms with Crippen LogP contribution in [0.5, 0.6) is 0 Å². The summed E-state index contributed by atoms with van der Waals surface area (Å²) >= 11 is 0. The van der Waals surface area contributed by atoms with E-state index in [1.807, 2.05) is 0 Å². The molecule has 0 bridgehead atoms. The molecule has 1 N–H and O–H groups in total. The van der Waals surface area contributed by atoms with E-state index in [4.69, 9.17) is 14.2 Å². The normalized spacial score (nSPS) is 28.9. The molecule has 21 heavy (non-hydrogen) atoms. The molecular weight excluding hydrogens is 270 g/mol. The van der Waals surface area contributed by atoms with E-state index in [1.165, 1.54) is 0 Å². The Morgan fingerprint density at radius 2 is 1.95 bits per heavy atom. The lowest BCUT2D eigenvalue weighted by Crippen LogP contribution is -2.56. The summed E-state index contributed by atoms with van der Waals surface area (Å²) in [5.41, 5.74) is 0. The molecule has 1 heterocycles. The fourth-order valence-electron chi connectivity index (χ4n) is 3.79. The van der Waals surface area contributed by atoms with Crippen LogP contribution in [0, 0.1) is 0 Å². The van der Waals surface area contributed by atoms with Gasteiger partial charge in [-0.05, 0) is 19.3 Å². The van der Waals surface area contributed by atoms with Crippen molar-refractivity contribution >= 4 is 0 Å². The number of rotatable bonds is 7. The third kappa shape index (κ3) is 3.96. The first-order valence-corrected chi connectivity index (χ1v) is 8.36. The highest BCUT2D eigenvalue weighted by molar-refractivity contribution is 4.94. The minimum Gasteiger partial charge on any atom is -0.391 e. The quantitative estimate of drug-likeness (QED) is 0.777. The minimum atomic E-state index is -0.457. The zero-order chi connectivity index (χ0) is 15.3. The largest absolute Gasteiger partial charge is 0.391 e. The van der Waals surface area contributed by atoms with Crippen LogP contribution in [0.2, 0.25) is 0 Å². The molecular formula is C16H31NO4. The lowest BCUT2D eigenvalue weighted by atomic mass is 9.85. The summed E-state index contributed by atoms with van der Waals surface area (Å²) in [7, 11) is 1.73. The third-order valence-electron chi connectivity index (χ3n) is 4.99. The van der Waals surface area contributed by atoms with E-state index >= 15 is 0 Å². The van der Waals surface area contributed by atoms with Crippen LogP contribution in [-0.2, 0) is 14.2 Å². The molecule has 0 radical (unpaired) electrons. The van der Waals surface area contributed by atoms with Gasteiger partial charge in [0.2, 0.25) is 0 Å². The summed E-state index contributed by atoms with van der Waals surface area (Å²) in [4.78, 5) is 2.42. The third-order valence-corrected chi connectivity index (χ3v) is 4.99. The number of methoxy groups -OCH3 is 1. The first-order chi connectivity index (χ1) is 10.2. The van der Waals surface area contributed by atoms with Crippen molar-refractivity contribution in [1.29, 1.82) is 0 Å². The van der Waals surface area contributed by atoms with Crippen molar-refractivity contribution in [3.05, 3.63) is 0 Å². The lowest BCUT2D eigenvalue weighted by molar-refractivity contribution is -0.208. The van der Waals surface area contributed by atoms with Gasteiger partial charge in [0.25, 0.3) is 0 Å². The molecule has 1 saturated carbocycles. The molecule has 0 amide bonds. The van der Waals surface area contributed by atoms with Crippen LogP contribution in [0.1, 0.15) is 46.0 Å². The van der Waals surface area contributed by atoms with Gasteiger partial charge in [0.15, 0.2) is 5.79 Å². The van der Waals surface area contributed by atoms with Gasteiger partial charge in [-0.25, -0.2) is 0 Å². The van der Waals surface area contributed by atoms with Crippen LogP contribution in [0.4, 0.5) is 0 Å². The molecule has 2 fully saturated rings. The molecule has 2 unspecified atom stereocenters. The monoisotopic (exact) mass is 301 g/mol. The number of nitrogens with zero attached hydrogens (tertiary/aromatic N) is 1. The zero-order valence-electron chi connectivity index (χ0n) is 13.7. The Kier molecular flexibility index (Phi) is 6.44. The molecule has 2 rings (SSSR count). The van der Waals surface area contributed by atoms with Crippen LogP contribution in [0.15, 0.2) is 0 Å². The van der Waals surface area contributed by atoms with Crippen LogP contribution in [-0.4, -0.2) is 67.5 Å². The Morgan fingerprint density at radius 3 is 2.52 bits per heavy atom. The van der Waals surface area contributed by atoms with Crippen molar-refractivity contribution in [3.63, 3.8) is 0 Å². The Labute approximate surface area is 128 Å². The smallest absolute Gasteiger partial charge is 0.170 e.